The number of rotatable bonds is 6. The number of aliphatic hydroxyl groups excluding tert-OH is 1. The molecule has 1 aromatic rings. The smallest absolute Gasteiger partial charge is 0.159 e. The van der Waals surface area contributed by atoms with Crippen LogP contribution in [0.2, 0.25) is 0 Å². The highest BCUT2D eigenvalue weighted by Gasteiger charge is 2.24. The molecule has 0 aromatic heterocycles. The zero-order valence-electron chi connectivity index (χ0n) is 11.1. The largest absolute Gasteiger partial charge is 0.387 e. The van der Waals surface area contributed by atoms with Crippen LogP contribution < -0.4 is 5.32 Å². The molecule has 0 heterocycles. The van der Waals surface area contributed by atoms with Gasteiger partial charge in [-0.2, -0.15) is 0 Å². The molecule has 2 atom stereocenters. The van der Waals surface area contributed by atoms with Gasteiger partial charge in [-0.25, -0.2) is 8.78 Å². The Morgan fingerprint density at radius 3 is 2.39 bits per heavy atom. The molecule has 0 radical (unpaired) electrons. The number of nitrogens with one attached hydrogen (secondary N) is 1. The van der Waals surface area contributed by atoms with Gasteiger partial charge >= 0.3 is 0 Å². The van der Waals surface area contributed by atoms with Gasteiger partial charge < -0.3 is 10.4 Å². The number of hydrogen-bond donors (Lipinski definition) is 2. The molecule has 2 unspecified atom stereocenters. The molecule has 0 aliphatic carbocycles. The summed E-state index contributed by atoms with van der Waals surface area (Å²) in [6, 6.07) is 3.36. The zero-order valence-corrected chi connectivity index (χ0v) is 11.1. The molecule has 2 nitrogen and oxygen atoms in total. The van der Waals surface area contributed by atoms with Crippen molar-refractivity contribution in [1.82, 2.24) is 5.32 Å². The first-order valence-corrected chi connectivity index (χ1v) is 6.33. The summed E-state index contributed by atoms with van der Waals surface area (Å²) in [4.78, 5) is 0. The first-order chi connectivity index (χ1) is 8.47. The molecule has 4 heteroatoms. The Morgan fingerprint density at radius 1 is 1.22 bits per heavy atom. The fourth-order valence-corrected chi connectivity index (χ4v) is 1.93. The standard InChI is InChI=1S/C14H21F2NO/c1-4-7-17-13(9(2)3)14(18)10-5-6-11(15)12(16)8-10/h5-6,8-9,13-14,17-18H,4,7H2,1-3H3. The molecule has 102 valence electrons. The van der Waals surface area contributed by atoms with Crippen LogP contribution in [0.15, 0.2) is 18.2 Å². The Hall–Kier alpha value is -1.00. The summed E-state index contributed by atoms with van der Waals surface area (Å²) < 4.78 is 26.0. The Morgan fingerprint density at radius 2 is 1.89 bits per heavy atom. The summed E-state index contributed by atoms with van der Waals surface area (Å²) in [6.07, 6.45) is 0.111. The number of benzene rings is 1. The lowest BCUT2D eigenvalue weighted by Crippen LogP contribution is -2.39. The van der Waals surface area contributed by atoms with Gasteiger partial charge in [-0.1, -0.05) is 26.8 Å². The summed E-state index contributed by atoms with van der Waals surface area (Å²) in [5.74, 6) is -1.63. The van der Waals surface area contributed by atoms with Crippen molar-refractivity contribution in [3.63, 3.8) is 0 Å². The molecular weight excluding hydrogens is 236 g/mol. The second-order valence-corrected chi connectivity index (χ2v) is 4.84. The Bertz CT molecular complexity index is 382. The van der Waals surface area contributed by atoms with E-state index in [1.165, 1.54) is 6.07 Å². The SMILES string of the molecule is CCCNC(C(C)C)C(O)c1ccc(F)c(F)c1. The Labute approximate surface area is 107 Å². The minimum absolute atomic E-state index is 0.171. The highest BCUT2D eigenvalue weighted by Crippen LogP contribution is 2.23. The van der Waals surface area contributed by atoms with E-state index in [-0.39, 0.29) is 12.0 Å². The van der Waals surface area contributed by atoms with Gasteiger partial charge in [-0.15, -0.1) is 0 Å². The maximum Gasteiger partial charge on any atom is 0.159 e. The minimum atomic E-state index is -0.926. The minimum Gasteiger partial charge on any atom is -0.387 e. The molecule has 0 aliphatic rings. The van der Waals surface area contributed by atoms with Gasteiger partial charge in [0, 0.05) is 6.04 Å². The van der Waals surface area contributed by atoms with Crippen molar-refractivity contribution in [2.45, 2.75) is 39.3 Å². The fourth-order valence-electron chi connectivity index (χ4n) is 1.93. The van der Waals surface area contributed by atoms with Gasteiger partial charge in [-0.3, -0.25) is 0 Å². The monoisotopic (exact) mass is 257 g/mol. The summed E-state index contributed by atoms with van der Waals surface area (Å²) in [5, 5.41) is 13.5. The van der Waals surface area contributed by atoms with Crippen molar-refractivity contribution in [2.75, 3.05) is 6.54 Å². The van der Waals surface area contributed by atoms with E-state index in [9.17, 15) is 13.9 Å². The summed E-state index contributed by atoms with van der Waals surface area (Å²) in [6.45, 7) is 6.78. The third-order valence-corrected chi connectivity index (χ3v) is 2.97. The zero-order chi connectivity index (χ0) is 13.7. The van der Waals surface area contributed by atoms with Crippen LogP contribution in [0.5, 0.6) is 0 Å². The third-order valence-electron chi connectivity index (χ3n) is 2.97. The van der Waals surface area contributed by atoms with Crippen molar-refractivity contribution in [3.8, 4) is 0 Å². The van der Waals surface area contributed by atoms with Crippen LogP contribution in [0, 0.1) is 17.6 Å². The molecule has 0 fully saturated rings. The Balaban J connectivity index is 2.87. The van der Waals surface area contributed by atoms with Gasteiger partial charge in [-0.05, 0) is 36.6 Å². The van der Waals surface area contributed by atoms with Crippen LogP contribution in [0.25, 0.3) is 0 Å². The van der Waals surface area contributed by atoms with Crippen molar-refractivity contribution >= 4 is 0 Å². The number of aliphatic hydroxyl groups is 1. The van der Waals surface area contributed by atoms with Crippen LogP contribution in [0.3, 0.4) is 0 Å². The van der Waals surface area contributed by atoms with Gasteiger partial charge in [0.25, 0.3) is 0 Å². The van der Waals surface area contributed by atoms with Crippen LogP contribution >= 0.6 is 0 Å². The highest BCUT2D eigenvalue weighted by atomic mass is 19.2. The maximum atomic E-state index is 13.1. The van der Waals surface area contributed by atoms with E-state index in [1.54, 1.807) is 0 Å². The Kier molecular flexibility index (Phi) is 5.69. The summed E-state index contributed by atoms with van der Waals surface area (Å²) in [5.41, 5.74) is 0.399. The number of halogens is 2. The maximum absolute atomic E-state index is 13.1. The van der Waals surface area contributed by atoms with Crippen molar-refractivity contribution in [3.05, 3.63) is 35.4 Å². The molecule has 1 aromatic carbocycles. The normalized spacial score (nSPS) is 14.8. The van der Waals surface area contributed by atoms with E-state index in [2.05, 4.69) is 5.32 Å². The fraction of sp³-hybridized carbons (Fsp3) is 0.571. The van der Waals surface area contributed by atoms with Crippen LogP contribution in [-0.4, -0.2) is 17.7 Å². The predicted molar refractivity (Wildman–Crippen MR) is 68.2 cm³/mol. The van der Waals surface area contributed by atoms with E-state index in [1.807, 2.05) is 20.8 Å². The molecule has 0 saturated carbocycles. The molecule has 18 heavy (non-hydrogen) atoms. The molecule has 0 bridgehead atoms. The molecule has 1 rings (SSSR count). The van der Waals surface area contributed by atoms with Crippen LogP contribution in [0.1, 0.15) is 38.9 Å². The molecular formula is C14H21F2NO. The van der Waals surface area contributed by atoms with Crippen LogP contribution in [-0.2, 0) is 0 Å². The van der Waals surface area contributed by atoms with Crippen molar-refractivity contribution in [2.24, 2.45) is 5.92 Å². The lowest BCUT2D eigenvalue weighted by atomic mass is 9.93. The third kappa shape index (κ3) is 3.75. The predicted octanol–water partition coefficient (Wildman–Crippen LogP) is 3.02. The molecule has 0 saturated heterocycles. The van der Waals surface area contributed by atoms with Crippen molar-refractivity contribution in [1.29, 1.82) is 0 Å². The lowest BCUT2D eigenvalue weighted by molar-refractivity contribution is 0.105. The van der Waals surface area contributed by atoms with Gasteiger partial charge in [0.2, 0.25) is 0 Å². The van der Waals surface area contributed by atoms with E-state index >= 15 is 0 Å². The first kappa shape index (κ1) is 15.1. The topological polar surface area (TPSA) is 32.3 Å². The van der Waals surface area contributed by atoms with Crippen molar-refractivity contribution < 1.29 is 13.9 Å². The number of hydrogen-bond acceptors (Lipinski definition) is 2. The average Bonchev–Trinajstić information content (AvgIpc) is 2.32. The molecule has 0 spiro atoms. The highest BCUT2D eigenvalue weighted by molar-refractivity contribution is 5.21. The van der Waals surface area contributed by atoms with Gasteiger partial charge in [0.15, 0.2) is 11.6 Å². The molecule has 0 aliphatic heterocycles. The quantitative estimate of drug-likeness (QED) is 0.821. The van der Waals surface area contributed by atoms with Gasteiger partial charge in [0.1, 0.15) is 0 Å². The molecule has 0 amide bonds. The van der Waals surface area contributed by atoms with E-state index in [4.69, 9.17) is 0 Å². The summed E-state index contributed by atoms with van der Waals surface area (Å²) >= 11 is 0. The first-order valence-electron chi connectivity index (χ1n) is 6.33. The van der Waals surface area contributed by atoms with E-state index < -0.39 is 17.7 Å². The second kappa shape index (κ2) is 6.81. The van der Waals surface area contributed by atoms with Crippen LogP contribution in [0.4, 0.5) is 8.78 Å². The van der Waals surface area contributed by atoms with E-state index in [0.29, 0.717) is 5.56 Å². The van der Waals surface area contributed by atoms with Gasteiger partial charge in [0.05, 0.1) is 6.10 Å². The average molecular weight is 257 g/mol. The van der Waals surface area contributed by atoms with E-state index in [0.717, 1.165) is 25.1 Å². The molecule has 2 N–H and O–H groups in total. The lowest BCUT2D eigenvalue weighted by Gasteiger charge is -2.28. The second-order valence-electron chi connectivity index (χ2n) is 4.84. The summed E-state index contributed by atoms with van der Waals surface area (Å²) in [7, 11) is 0.